The number of unbranched alkanes of at least 4 members (excludes halogenated alkanes) is 1. The Hall–Kier alpha value is -4.09. The van der Waals surface area contributed by atoms with Gasteiger partial charge in [0.25, 0.3) is 0 Å². The number of carbonyl (C=O) groups is 1. The lowest BCUT2D eigenvalue weighted by Crippen LogP contribution is -2.42. The highest BCUT2D eigenvalue weighted by Gasteiger charge is 2.26. The molecule has 2 N–H and O–H groups in total. The van der Waals surface area contributed by atoms with E-state index in [0.717, 1.165) is 18.6 Å². The van der Waals surface area contributed by atoms with Crippen LogP contribution in [0, 0.1) is 0 Å². The van der Waals surface area contributed by atoms with Crippen molar-refractivity contribution in [3.05, 3.63) is 84.4 Å². The highest BCUT2D eigenvalue weighted by molar-refractivity contribution is 7.89. The summed E-state index contributed by atoms with van der Waals surface area (Å²) in [6.07, 6.45) is 2.07. The van der Waals surface area contributed by atoms with Gasteiger partial charge in [0.1, 0.15) is 11.8 Å². The second-order valence-electron chi connectivity index (χ2n) is 8.32. The summed E-state index contributed by atoms with van der Waals surface area (Å²) in [6.45, 7) is 2.76. The number of aliphatic carboxylic acids is 1. The first-order chi connectivity index (χ1) is 17.9. The molecule has 0 saturated heterocycles. The average Bonchev–Trinajstić information content (AvgIpc) is 3.40. The number of nitrogens with zero attached hydrogens (tertiary/aromatic N) is 4. The number of ether oxygens (including phenoxy) is 1. The Balaban J connectivity index is 1.44. The largest absolute Gasteiger partial charge is 0.494 e. The van der Waals surface area contributed by atoms with Crippen LogP contribution in [0.2, 0.25) is 0 Å². The molecule has 0 radical (unpaired) electrons. The third kappa shape index (κ3) is 6.78. The topological polar surface area (TPSA) is 136 Å². The van der Waals surface area contributed by atoms with Crippen LogP contribution < -0.4 is 9.46 Å². The van der Waals surface area contributed by atoms with Gasteiger partial charge in [-0.3, -0.25) is 4.79 Å². The number of benzene rings is 3. The SMILES string of the molecule is CCCCOc1ccc(-n2nnc(-c3ccc(S(=O)(=O)NC(Cc4ccccc4)C(=O)O)cc3)n2)cc1. The van der Waals surface area contributed by atoms with E-state index in [2.05, 4.69) is 27.1 Å². The third-order valence-corrected chi connectivity index (χ3v) is 7.04. The second-order valence-corrected chi connectivity index (χ2v) is 10.0. The van der Waals surface area contributed by atoms with Crippen LogP contribution in [0.15, 0.2) is 83.8 Å². The molecule has 0 aliphatic heterocycles. The van der Waals surface area contributed by atoms with E-state index < -0.39 is 22.0 Å². The fourth-order valence-corrected chi connectivity index (χ4v) is 4.71. The van der Waals surface area contributed by atoms with Crippen molar-refractivity contribution in [3.63, 3.8) is 0 Å². The minimum Gasteiger partial charge on any atom is -0.494 e. The van der Waals surface area contributed by atoms with Crippen molar-refractivity contribution in [1.29, 1.82) is 0 Å². The van der Waals surface area contributed by atoms with E-state index >= 15 is 0 Å². The minimum atomic E-state index is -4.08. The van der Waals surface area contributed by atoms with Gasteiger partial charge < -0.3 is 9.84 Å². The molecular weight excluding hydrogens is 494 g/mol. The van der Waals surface area contributed by atoms with Crippen LogP contribution in [0.1, 0.15) is 25.3 Å². The van der Waals surface area contributed by atoms with E-state index in [0.29, 0.717) is 29.2 Å². The molecule has 11 heteroatoms. The molecule has 1 aromatic heterocycles. The summed E-state index contributed by atoms with van der Waals surface area (Å²) in [6, 6.07) is 20.7. The zero-order valence-electron chi connectivity index (χ0n) is 20.2. The molecule has 4 rings (SSSR count). The fraction of sp³-hybridized carbons (Fsp3) is 0.231. The Morgan fingerprint density at radius 1 is 1.03 bits per heavy atom. The van der Waals surface area contributed by atoms with Gasteiger partial charge in [-0.1, -0.05) is 43.7 Å². The van der Waals surface area contributed by atoms with Crippen molar-refractivity contribution in [2.45, 2.75) is 37.1 Å². The Labute approximate surface area is 215 Å². The molecule has 10 nitrogen and oxygen atoms in total. The van der Waals surface area contributed by atoms with Gasteiger partial charge in [-0.25, -0.2) is 8.42 Å². The highest BCUT2D eigenvalue weighted by Crippen LogP contribution is 2.20. The summed E-state index contributed by atoms with van der Waals surface area (Å²) in [5, 5.41) is 22.1. The summed E-state index contributed by atoms with van der Waals surface area (Å²) in [5.74, 6) is -0.185. The lowest BCUT2D eigenvalue weighted by Gasteiger charge is -2.15. The van der Waals surface area contributed by atoms with Crippen LogP contribution in [0.3, 0.4) is 0 Å². The van der Waals surface area contributed by atoms with Crippen LogP contribution in [-0.2, 0) is 21.2 Å². The molecule has 0 fully saturated rings. The van der Waals surface area contributed by atoms with Gasteiger partial charge in [0.05, 0.1) is 17.2 Å². The Morgan fingerprint density at radius 3 is 2.38 bits per heavy atom. The number of carboxylic acid groups (broad SMARTS) is 1. The number of tetrazole rings is 1. The zero-order chi connectivity index (χ0) is 26.3. The predicted octanol–water partition coefficient (Wildman–Crippen LogP) is 3.48. The van der Waals surface area contributed by atoms with Crippen LogP contribution in [0.25, 0.3) is 17.1 Å². The molecule has 0 spiro atoms. The molecule has 3 aromatic carbocycles. The van der Waals surface area contributed by atoms with Gasteiger partial charge in [-0.2, -0.15) is 4.72 Å². The third-order valence-electron chi connectivity index (χ3n) is 5.55. The van der Waals surface area contributed by atoms with Crippen molar-refractivity contribution >= 4 is 16.0 Å². The first-order valence-corrected chi connectivity index (χ1v) is 13.3. The van der Waals surface area contributed by atoms with Gasteiger partial charge in [-0.15, -0.1) is 15.0 Å². The predicted molar refractivity (Wildman–Crippen MR) is 137 cm³/mol. The van der Waals surface area contributed by atoms with Gasteiger partial charge >= 0.3 is 5.97 Å². The van der Waals surface area contributed by atoms with Crippen molar-refractivity contribution in [2.24, 2.45) is 0 Å². The maximum Gasteiger partial charge on any atom is 0.322 e. The lowest BCUT2D eigenvalue weighted by molar-refractivity contribution is -0.138. The summed E-state index contributed by atoms with van der Waals surface area (Å²) in [4.78, 5) is 13.0. The number of carboxylic acids is 1. The van der Waals surface area contributed by atoms with Crippen LogP contribution in [-0.4, -0.2) is 52.3 Å². The molecule has 1 unspecified atom stereocenters. The quantitative estimate of drug-likeness (QED) is 0.271. The molecule has 192 valence electrons. The van der Waals surface area contributed by atoms with Crippen LogP contribution >= 0.6 is 0 Å². The van der Waals surface area contributed by atoms with E-state index in [1.807, 2.05) is 24.3 Å². The van der Waals surface area contributed by atoms with E-state index in [9.17, 15) is 18.3 Å². The number of hydrogen-bond donors (Lipinski definition) is 2. The van der Waals surface area contributed by atoms with Crippen molar-refractivity contribution in [2.75, 3.05) is 6.61 Å². The first-order valence-electron chi connectivity index (χ1n) is 11.8. The van der Waals surface area contributed by atoms with Gasteiger partial charge in [-0.05, 0) is 72.1 Å². The number of aromatic nitrogens is 4. The van der Waals surface area contributed by atoms with Crippen LogP contribution in [0.4, 0.5) is 0 Å². The average molecular weight is 522 g/mol. The molecule has 1 atom stereocenters. The molecule has 37 heavy (non-hydrogen) atoms. The molecule has 0 aliphatic rings. The van der Waals surface area contributed by atoms with E-state index in [-0.39, 0.29) is 11.3 Å². The van der Waals surface area contributed by atoms with E-state index in [1.165, 1.54) is 16.9 Å². The zero-order valence-corrected chi connectivity index (χ0v) is 21.0. The highest BCUT2D eigenvalue weighted by atomic mass is 32.2. The molecular formula is C26H27N5O5S. The molecule has 4 aromatic rings. The molecule has 0 bridgehead atoms. The summed E-state index contributed by atoms with van der Waals surface area (Å²) in [7, 11) is -4.08. The Bertz CT molecular complexity index is 1420. The maximum absolute atomic E-state index is 12.9. The van der Waals surface area contributed by atoms with Gasteiger partial charge in [0, 0.05) is 5.56 Å². The summed E-state index contributed by atoms with van der Waals surface area (Å²) < 4.78 is 33.6. The summed E-state index contributed by atoms with van der Waals surface area (Å²) >= 11 is 0. The van der Waals surface area contributed by atoms with Crippen molar-refractivity contribution < 1.29 is 23.1 Å². The summed E-state index contributed by atoms with van der Waals surface area (Å²) in [5.41, 5.74) is 1.97. The standard InChI is InChI=1S/C26H27N5O5S/c1-2-3-17-36-22-13-11-21(12-14-22)31-28-25(27-30-31)20-9-15-23(16-10-20)37(34,35)29-24(26(32)33)18-19-7-5-4-6-8-19/h4-16,24,29H,2-3,17-18H2,1H3,(H,32,33). The Kier molecular flexibility index (Phi) is 8.26. The van der Waals surface area contributed by atoms with Crippen LogP contribution in [0.5, 0.6) is 5.75 Å². The monoisotopic (exact) mass is 521 g/mol. The van der Waals surface area contributed by atoms with Crippen molar-refractivity contribution in [3.8, 4) is 22.8 Å². The van der Waals surface area contributed by atoms with Gasteiger partial charge in [0.2, 0.25) is 15.8 Å². The number of sulfonamides is 1. The Morgan fingerprint density at radius 2 is 1.73 bits per heavy atom. The number of nitrogens with one attached hydrogen (secondary N) is 1. The second kappa shape index (κ2) is 11.8. The van der Waals surface area contributed by atoms with E-state index in [4.69, 9.17) is 4.74 Å². The van der Waals surface area contributed by atoms with Gasteiger partial charge in [0.15, 0.2) is 0 Å². The number of hydrogen-bond acceptors (Lipinski definition) is 7. The molecule has 0 aliphatic carbocycles. The smallest absolute Gasteiger partial charge is 0.322 e. The minimum absolute atomic E-state index is 0.0202. The van der Waals surface area contributed by atoms with Crippen molar-refractivity contribution in [1.82, 2.24) is 24.9 Å². The maximum atomic E-state index is 12.9. The molecule has 0 saturated carbocycles. The molecule has 0 amide bonds. The lowest BCUT2D eigenvalue weighted by atomic mass is 10.1. The van der Waals surface area contributed by atoms with E-state index in [1.54, 1.807) is 42.5 Å². The normalized spacial score (nSPS) is 12.2. The number of rotatable bonds is 12. The first kappa shape index (κ1) is 26.0. The fourth-order valence-electron chi connectivity index (χ4n) is 3.52. The molecule has 1 heterocycles.